The molecule has 186 valence electrons. The molecular weight excluding hydrogens is 460 g/mol. The second kappa shape index (κ2) is 11.9. The molecule has 2 amide bonds. The smallest absolute Gasteiger partial charge is 0.237 e. The molecule has 2 aromatic rings. The number of carbonyl (C=O) groups excluding carboxylic acids is 2. The van der Waals surface area contributed by atoms with Gasteiger partial charge in [-0.15, -0.1) is 0 Å². The van der Waals surface area contributed by atoms with Gasteiger partial charge in [-0.1, -0.05) is 19.9 Å². The molecule has 1 unspecified atom stereocenters. The fraction of sp³-hybridized carbons (Fsp3) is 0.435. The van der Waals surface area contributed by atoms with Gasteiger partial charge in [0.2, 0.25) is 11.8 Å². The molecule has 1 heterocycles. The molecule has 0 bridgehead atoms. The zero-order valence-electron chi connectivity index (χ0n) is 19.8. The molecule has 1 aromatic carbocycles. The molecule has 0 saturated heterocycles. The zero-order valence-corrected chi connectivity index (χ0v) is 20.6. The number of carbonyl (C=O) groups is 2. The van der Waals surface area contributed by atoms with E-state index >= 15 is 0 Å². The highest BCUT2D eigenvalue weighted by Gasteiger charge is 2.40. The van der Waals surface area contributed by atoms with E-state index in [2.05, 4.69) is 4.98 Å². The highest BCUT2D eigenvalue weighted by Crippen LogP contribution is 2.27. The van der Waals surface area contributed by atoms with E-state index in [0.29, 0.717) is 17.4 Å². The Bertz CT molecular complexity index is 1060. The number of ether oxygens (including phenoxy) is 1. The molecule has 3 N–H and O–H groups in total. The summed E-state index contributed by atoms with van der Waals surface area (Å²) in [5.41, 5.74) is 6.27. The third-order valence-electron chi connectivity index (χ3n) is 5.42. The van der Waals surface area contributed by atoms with Crippen LogP contribution in [0.4, 0.5) is 0 Å². The van der Waals surface area contributed by atoms with Crippen LogP contribution in [-0.2, 0) is 26.0 Å². The Hall–Kier alpha value is -3.02. The van der Waals surface area contributed by atoms with Crippen molar-refractivity contribution >= 4 is 21.7 Å². The Morgan fingerprint density at radius 2 is 1.82 bits per heavy atom. The Morgan fingerprint density at radius 1 is 1.18 bits per heavy atom. The summed E-state index contributed by atoms with van der Waals surface area (Å²) in [4.78, 5) is 30.2. The number of hydroxylamine groups is 2. The van der Waals surface area contributed by atoms with Crippen LogP contribution in [0.3, 0.4) is 0 Å². The molecule has 0 aliphatic rings. The molecule has 2 rings (SSSR count). The lowest BCUT2D eigenvalue weighted by Crippen LogP contribution is -2.53. The van der Waals surface area contributed by atoms with Crippen LogP contribution in [0.2, 0.25) is 0 Å². The number of nitrogens with zero attached hydrogens (tertiary/aromatic N) is 3. The van der Waals surface area contributed by atoms with E-state index in [4.69, 9.17) is 10.5 Å². The van der Waals surface area contributed by atoms with Crippen LogP contribution in [0.25, 0.3) is 0 Å². The standard InChI is InChI=1S/C23H32N4O6S/c1-16(2)22(23(24)29)27(30)21(34(31,32)19-9-7-18(33-4)8-10-19)12-11-20(28)26(3)15-17-6-5-13-25-14-17/h5-10,13-14,16,21-22,30H,11-12,15H2,1-4H3,(H2,24,29)/t21?,22-/m1/s1. The summed E-state index contributed by atoms with van der Waals surface area (Å²) >= 11 is 0. The predicted molar refractivity (Wildman–Crippen MR) is 125 cm³/mol. The second-order valence-corrected chi connectivity index (χ2v) is 10.4. The van der Waals surface area contributed by atoms with Gasteiger partial charge in [0.05, 0.1) is 12.0 Å². The molecule has 2 atom stereocenters. The molecule has 0 fully saturated rings. The minimum absolute atomic E-state index is 0.0829. The van der Waals surface area contributed by atoms with Gasteiger partial charge < -0.3 is 20.6 Å². The maximum absolute atomic E-state index is 13.5. The van der Waals surface area contributed by atoms with Gasteiger partial charge in [-0.2, -0.15) is 5.06 Å². The Kier molecular flexibility index (Phi) is 9.54. The van der Waals surface area contributed by atoms with Crippen LogP contribution in [0.5, 0.6) is 5.75 Å². The molecule has 34 heavy (non-hydrogen) atoms. The van der Waals surface area contributed by atoms with Crippen LogP contribution in [-0.4, -0.2) is 66.0 Å². The molecule has 0 spiro atoms. The number of primary amides is 1. The number of amides is 2. The lowest BCUT2D eigenvalue weighted by Gasteiger charge is -2.33. The first-order valence-corrected chi connectivity index (χ1v) is 12.3. The van der Waals surface area contributed by atoms with Gasteiger partial charge in [0, 0.05) is 32.4 Å². The molecule has 10 nitrogen and oxygen atoms in total. The molecule has 11 heteroatoms. The molecule has 0 saturated carbocycles. The summed E-state index contributed by atoms with van der Waals surface area (Å²) in [5.74, 6) is -1.21. The van der Waals surface area contributed by atoms with Crippen LogP contribution in [0, 0.1) is 5.92 Å². The fourth-order valence-electron chi connectivity index (χ4n) is 3.59. The van der Waals surface area contributed by atoms with Gasteiger partial charge >= 0.3 is 0 Å². The monoisotopic (exact) mass is 492 g/mol. The molecule has 0 aliphatic heterocycles. The quantitative estimate of drug-likeness (QED) is 0.427. The van der Waals surface area contributed by atoms with Crippen molar-refractivity contribution in [3.63, 3.8) is 0 Å². The van der Waals surface area contributed by atoms with E-state index in [1.54, 1.807) is 39.4 Å². The summed E-state index contributed by atoms with van der Waals surface area (Å²) < 4.78 is 32.0. The van der Waals surface area contributed by atoms with Crippen molar-refractivity contribution in [2.75, 3.05) is 14.2 Å². The van der Waals surface area contributed by atoms with E-state index < -0.39 is 33.1 Å². The summed E-state index contributed by atoms with van der Waals surface area (Å²) in [5, 5.41) is 9.79. The lowest BCUT2D eigenvalue weighted by atomic mass is 10.0. The summed E-state index contributed by atoms with van der Waals surface area (Å²) in [6.45, 7) is 3.58. The minimum atomic E-state index is -4.19. The zero-order chi connectivity index (χ0) is 25.5. The van der Waals surface area contributed by atoms with Gasteiger partial charge in [-0.05, 0) is 48.2 Å². The maximum Gasteiger partial charge on any atom is 0.237 e. The Balaban J connectivity index is 2.30. The average molecular weight is 493 g/mol. The van der Waals surface area contributed by atoms with Crippen molar-refractivity contribution < 1.29 is 28.0 Å². The van der Waals surface area contributed by atoms with Crippen molar-refractivity contribution in [2.45, 2.75) is 49.5 Å². The number of benzene rings is 1. The van der Waals surface area contributed by atoms with Crippen LogP contribution in [0.1, 0.15) is 32.3 Å². The topological polar surface area (TPSA) is 143 Å². The van der Waals surface area contributed by atoms with E-state index in [9.17, 15) is 23.2 Å². The van der Waals surface area contributed by atoms with Crippen molar-refractivity contribution in [2.24, 2.45) is 11.7 Å². The van der Waals surface area contributed by atoms with Crippen LogP contribution >= 0.6 is 0 Å². The number of hydrogen-bond acceptors (Lipinski definition) is 8. The van der Waals surface area contributed by atoms with Gasteiger partial charge in [-0.3, -0.25) is 14.6 Å². The summed E-state index contributed by atoms with van der Waals surface area (Å²) in [6.07, 6.45) is 2.82. The van der Waals surface area contributed by atoms with Gasteiger partial charge in [0.25, 0.3) is 0 Å². The van der Waals surface area contributed by atoms with Crippen LogP contribution in [0.15, 0.2) is 53.7 Å². The van der Waals surface area contributed by atoms with Crippen molar-refractivity contribution in [3.8, 4) is 5.75 Å². The predicted octanol–water partition coefficient (Wildman–Crippen LogP) is 1.83. The van der Waals surface area contributed by atoms with E-state index in [1.807, 2.05) is 6.07 Å². The first-order valence-electron chi connectivity index (χ1n) is 10.8. The van der Waals surface area contributed by atoms with Crippen molar-refractivity contribution in [1.82, 2.24) is 14.9 Å². The second-order valence-electron chi connectivity index (χ2n) is 8.30. The number of aromatic nitrogens is 1. The third kappa shape index (κ3) is 6.75. The first-order chi connectivity index (χ1) is 16.0. The summed E-state index contributed by atoms with van der Waals surface area (Å²) in [6, 6.07) is 7.97. The molecular formula is C23H32N4O6S. The summed E-state index contributed by atoms with van der Waals surface area (Å²) in [7, 11) is -1.14. The number of sulfone groups is 1. The van der Waals surface area contributed by atoms with E-state index in [1.165, 1.54) is 36.3 Å². The van der Waals surface area contributed by atoms with E-state index in [-0.39, 0.29) is 23.6 Å². The Labute approximate surface area is 200 Å². The highest BCUT2D eigenvalue weighted by molar-refractivity contribution is 7.92. The molecule has 0 aliphatic carbocycles. The van der Waals surface area contributed by atoms with Crippen LogP contribution < -0.4 is 10.5 Å². The number of pyridine rings is 1. The highest BCUT2D eigenvalue weighted by atomic mass is 32.2. The molecule has 1 aromatic heterocycles. The van der Waals surface area contributed by atoms with Crippen molar-refractivity contribution in [3.05, 3.63) is 54.4 Å². The number of rotatable bonds is 12. The van der Waals surface area contributed by atoms with E-state index in [0.717, 1.165) is 5.56 Å². The SMILES string of the molecule is COc1ccc(S(=O)(=O)C(CCC(=O)N(C)Cc2cccnc2)N(O)[C@@H](C(N)=O)C(C)C)cc1. The lowest BCUT2D eigenvalue weighted by molar-refractivity contribution is -0.166. The molecule has 0 radical (unpaired) electrons. The Morgan fingerprint density at radius 3 is 2.32 bits per heavy atom. The number of nitrogens with two attached hydrogens (primary N) is 1. The minimum Gasteiger partial charge on any atom is -0.497 e. The third-order valence-corrected chi connectivity index (χ3v) is 7.52. The average Bonchev–Trinajstić information content (AvgIpc) is 2.79. The van der Waals surface area contributed by atoms with Gasteiger partial charge in [0.15, 0.2) is 9.84 Å². The number of hydrogen-bond donors (Lipinski definition) is 2. The normalized spacial score (nSPS) is 13.5. The van der Waals surface area contributed by atoms with Gasteiger partial charge in [-0.25, -0.2) is 8.42 Å². The van der Waals surface area contributed by atoms with Gasteiger partial charge in [0.1, 0.15) is 17.2 Å². The number of methoxy groups -OCH3 is 1. The first kappa shape index (κ1) is 27.2. The fourth-order valence-corrected chi connectivity index (χ4v) is 5.26. The van der Waals surface area contributed by atoms with Crippen molar-refractivity contribution in [1.29, 1.82) is 0 Å². The largest absolute Gasteiger partial charge is 0.497 e. The maximum atomic E-state index is 13.5.